The first-order valence-electron chi connectivity index (χ1n) is 13.0. The first-order chi connectivity index (χ1) is 19.9. The number of phenols is 1. The number of benzene rings is 3. The summed E-state index contributed by atoms with van der Waals surface area (Å²) in [7, 11) is 3.77. The topological polar surface area (TPSA) is 119 Å². The van der Waals surface area contributed by atoms with E-state index in [1.165, 1.54) is 11.1 Å². The van der Waals surface area contributed by atoms with Crippen molar-refractivity contribution in [3.8, 4) is 5.75 Å². The maximum absolute atomic E-state index is 9.33. The van der Waals surface area contributed by atoms with E-state index in [0.29, 0.717) is 18.4 Å². The first-order valence-corrected chi connectivity index (χ1v) is 13.0. The van der Waals surface area contributed by atoms with E-state index in [1.54, 1.807) is 18.5 Å². The molecule has 0 saturated carbocycles. The quantitative estimate of drug-likeness (QED) is 0.155. The Labute approximate surface area is 258 Å². The number of imidazole rings is 2. The van der Waals surface area contributed by atoms with Gasteiger partial charge in [0.2, 0.25) is 11.9 Å². The number of aromatic hydroxyl groups is 1. The summed E-state index contributed by atoms with van der Waals surface area (Å²) in [4.78, 5) is 8.10. The van der Waals surface area contributed by atoms with Gasteiger partial charge in [-0.25, -0.2) is 9.97 Å². The molecule has 0 aliphatic carbocycles. The fourth-order valence-electron chi connectivity index (χ4n) is 3.52. The van der Waals surface area contributed by atoms with Crippen LogP contribution in [0, 0.1) is 13.8 Å². The maximum Gasteiger partial charge on any atom is 2.00 e. The Hall–Kier alpha value is -4.76. The molecule has 5 aromatic rings. The third kappa shape index (κ3) is 9.42. The Kier molecular flexibility index (Phi) is 12.0. The van der Waals surface area contributed by atoms with Gasteiger partial charge in [0.15, 0.2) is 0 Å². The van der Waals surface area contributed by atoms with Crippen molar-refractivity contribution < 1.29 is 24.6 Å². The SMILES string of the molecule is Cc1ccc(N=Nc2nccn2C)cc1.Cc1ccc(N=Nc2nccn2C)cc1.Oc1cccc2c1[N-]CC=C2.[Ru+2]. The first kappa shape index (κ1) is 31.8. The molecule has 3 heterocycles. The Morgan fingerprint density at radius 3 is 1.64 bits per heavy atom. The summed E-state index contributed by atoms with van der Waals surface area (Å²) in [6.07, 6.45) is 11.0. The van der Waals surface area contributed by atoms with Crippen molar-refractivity contribution in [3.05, 3.63) is 120 Å². The summed E-state index contributed by atoms with van der Waals surface area (Å²) >= 11 is 0. The second kappa shape index (κ2) is 15.9. The predicted molar refractivity (Wildman–Crippen MR) is 162 cm³/mol. The van der Waals surface area contributed by atoms with E-state index in [2.05, 4.69) is 35.7 Å². The van der Waals surface area contributed by atoms with Crippen molar-refractivity contribution in [1.29, 1.82) is 0 Å². The van der Waals surface area contributed by atoms with Gasteiger partial charge in [-0.05, 0) is 49.7 Å². The predicted octanol–water partition coefficient (Wildman–Crippen LogP) is 8.71. The van der Waals surface area contributed by atoms with Crippen molar-refractivity contribution in [2.75, 3.05) is 6.54 Å². The Bertz CT molecular complexity index is 1540. The number of aromatic nitrogens is 4. The Morgan fingerprint density at radius 1 is 0.714 bits per heavy atom. The maximum atomic E-state index is 9.33. The molecule has 3 aromatic carbocycles. The molecular weight excluding hydrogens is 615 g/mol. The van der Waals surface area contributed by atoms with E-state index in [1.807, 2.05) is 122 Å². The van der Waals surface area contributed by atoms with E-state index in [0.717, 1.165) is 22.6 Å². The minimum atomic E-state index is 0. The average molecular weight is 648 g/mol. The second-order valence-corrected chi connectivity index (χ2v) is 9.21. The minimum Gasteiger partial charge on any atom is -0.678 e. The second-order valence-electron chi connectivity index (χ2n) is 9.21. The van der Waals surface area contributed by atoms with E-state index in [-0.39, 0.29) is 25.2 Å². The van der Waals surface area contributed by atoms with Crippen molar-refractivity contribution in [3.63, 3.8) is 0 Å². The minimum absolute atomic E-state index is 0. The number of aryl methyl sites for hydroxylation is 4. The van der Waals surface area contributed by atoms with E-state index < -0.39 is 0 Å². The van der Waals surface area contributed by atoms with Crippen LogP contribution in [0.1, 0.15) is 16.7 Å². The Morgan fingerprint density at radius 2 is 1.21 bits per heavy atom. The van der Waals surface area contributed by atoms with Gasteiger partial charge in [-0.15, -0.1) is 33.1 Å². The van der Waals surface area contributed by atoms with Gasteiger partial charge in [-0.2, -0.15) is 0 Å². The normalized spacial score (nSPS) is 11.5. The van der Waals surface area contributed by atoms with Gasteiger partial charge in [0.1, 0.15) is 5.75 Å². The number of para-hydroxylation sites is 1. The molecule has 42 heavy (non-hydrogen) atoms. The summed E-state index contributed by atoms with van der Waals surface area (Å²) in [6, 6.07) is 21.2. The zero-order valence-corrected chi connectivity index (χ0v) is 25.6. The van der Waals surface area contributed by atoms with Crippen molar-refractivity contribution in [1.82, 2.24) is 19.1 Å². The number of phenolic OH excluding ortho intramolecular Hbond substituents is 1. The number of fused-ring (bicyclic) bond motifs is 1. The van der Waals surface area contributed by atoms with Gasteiger partial charge in [0.05, 0.1) is 11.4 Å². The number of rotatable bonds is 4. The Balaban J connectivity index is 0.000000173. The molecule has 0 bridgehead atoms. The van der Waals surface area contributed by atoms with Crippen LogP contribution in [0.25, 0.3) is 11.4 Å². The fraction of sp³-hybridized carbons (Fsp3) is 0.161. The van der Waals surface area contributed by atoms with Crippen LogP contribution in [-0.2, 0) is 33.6 Å². The number of hydrogen-bond donors (Lipinski definition) is 1. The van der Waals surface area contributed by atoms with Gasteiger partial charge in [-0.1, -0.05) is 59.3 Å². The molecule has 1 aliphatic rings. The van der Waals surface area contributed by atoms with Crippen LogP contribution in [0.2, 0.25) is 0 Å². The molecule has 0 fully saturated rings. The third-order valence-electron chi connectivity index (χ3n) is 5.87. The van der Waals surface area contributed by atoms with Gasteiger partial charge in [0, 0.05) is 38.9 Å². The molecular formula is C31H32N9ORu+. The fourth-order valence-corrected chi connectivity index (χ4v) is 3.52. The van der Waals surface area contributed by atoms with Crippen molar-refractivity contribution >= 4 is 35.0 Å². The van der Waals surface area contributed by atoms with Gasteiger partial charge >= 0.3 is 19.5 Å². The third-order valence-corrected chi connectivity index (χ3v) is 5.87. The summed E-state index contributed by atoms with van der Waals surface area (Å²) in [6.45, 7) is 4.75. The van der Waals surface area contributed by atoms with Crippen LogP contribution in [-0.4, -0.2) is 30.8 Å². The van der Waals surface area contributed by atoms with E-state index >= 15 is 0 Å². The average Bonchev–Trinajstić information content (AvgIpc) is 3.60. The zero-order valence-electron chi connectivity index (χ0n) is 23.8. The smallest absolute Gasteiger partial charge is 0.678 e. The summed E-state index contributed by atoms with van der Waals surface area (Å²) in [5, 5.41) is 29.8. The molecule has 0 spiro atoms. The monoisotopic (exact) mass is 648 g/mol. The van der Waals surface area contributed by atoms with Gasteiger partial charge in [-0.3, -0.25) is 0 Å². The molecule has 2 aromatic heterocycles. The molecule has 0 unspecified atom stereocenters. The van der Waals surface area contributed by atoms with Crippen LogP contribution in [0.5, 0.6) is 5.75 Å². The van der Waals surface area contributed by atoms with Crippen molar-refractivity contribution in [2.24, 2.45) is 34.6 Å². The molecule has 10 nitrogen and oxygen atoms in total. The van der Waals surface area contributed by atoms with E-state index in [4.69, 9.17) is 0 Å². The number of hydrogen-bond acceptors (Lipinski definition) is 7. The number of nitrogens with zero attached hydrogens (tertiary/aromatic N) is 9. The van der Waals surface area contributed by atoms with Crippen LogP contribution in [0.4, 0.5) is 29.0 Å². The standard InChI is InChI=1S/2C11H12N4.C9H8NO.Ru/c2*1-9-3-5-10(6-4-9)13-14-11-12-7-8-15(11)2;11-8-5-1-3-7-4-2-6-10-9(7)8;/h2*3-8H,1-2H3;1-5,11H,6H2;/q;;-1;+2. The van der Waals surface area contributed by atoms with Gasteiger partial charge in [0.25, 0.3) is 0 Å². The van der Waals surface area contributed by atoms with Crippen LogP contribution in [0.15, 0.2) is 118 Å². The van der Waals surface area contributed by atoms with Crippen LogP contribution >= 0.6 is 0 Å². The summed E-state index contributed by atoms with van der Waals surface area (Å²) in [5.74, 6) is 1.48. The van der Waals surface area contributed by atoms with Crippen LogP contribution < -0.4 is 0 Å². The molecule has 1 aliphatic heterocycles. The van der Waals surface area contributed by atoms with Crippen molar-refractivity contribution in [2.45, 2.75) is 13.8 Å². The van der Waals surface area contributed by atoms with E-state index in [9.17, 15) is 5.11 Å². The molecule has 214 valence electrons. The largest absolute Gasteiger partial charge is 2.00 e. The molecule has 0 atom stereocenters. The number of azo groups is 2. The van der Waals surface area contributed by atoms with Gasteiger partial charge < -0.3 is 19.6 Å². The zero-order chi connectivity index (χ0) is 29.0. The summed E-state index contributed by atoms with van der Waals surface area (Å²) < 4.78 is 3.63. The molecule has 1 N–H and O–H groups in total. The summed E-state index contributed by atoms with van der Waals surface area (Å²) in [5.41, 5.74) is 5.82. The molecule has 0 saturated heterocycles. The molecule has 6 rings (SSSR count). The molecule has 0 radical (unpaired) electrons. The van der Waals surface area contributed by atoms with Crippen LogP contribution in [0.3, 0.4) is 0 Å². The molecule has 0 amide bonds. The molecule has 11 heteroatoms.